The van der Waals surface area contributed by atoms with Crippen molar-refractivity contribution in [3.63, 3.8) is 0 Å². The molecule has 0 radical (unpaired) electrons. The summed E-state index contributed by atoms with van der Waals surface area (Å²) in [5.74, 6) is 1.52. The Morgan fingerprint density at radius 2 is 1.76 bits per heavy atom. The first-order valence-electron chi connectivity index (χ1n) is 15.3. The van der Waals surface area contributed by atoms with Crippen molar-refractivity contribution in [2.24, 2.45) is 0 Å². The van der Waals surface area contributed by atoms with Crippen LogP contribution in [0, 0.1) is 0 Å². The predicted octanol–water partition coefficient (Wildman–Crippen LogP) is 7.34. The molecule has 1 N–H and O–H groups in total. The van der Waals surface area contributed by atoms with Crippen molar-refractivity contribution in [1.29, 1.82) is 0 Å². The van der Waals surface area contributed by atoms with E-state index < -0.39 is 0 Å². The van der Waals surface area contributed by atoms with Crippen LogP contribution >= 0.6 is 11.3 Å². The molecule has 1 aromatic heterocycles. The zero-order valence-corrected chi connectivity index (χ0v) is 27.7. The Balaban J connectivity index is 1.70. The number of thiazole rings is 1. The van der Waals surface area contributed by atoms with Gasteiger partial charge in [-0.05, 0) is 54.6 Å². The Labute approximate surface area is 252 Å². The Hall–Kier alpha value is -2.61. The number of urea groups is 1. The van der Waals surface area contributed by atoms with Gasteiger partial charge in [0.05, 0.1) is 7.11 Å². The Kier molecular flexibility index (Phi) is 11.3. The summed E-state index contributed by atoms with van der Waals surface area (Å²) in [7, 11) is 3.57. The lowest BCUT2D eigenvalue weighted by Gasteiger charge is -2.32. The number of ether oxygens (including phenoxy) is 1. The third-order valence-electron chi connectivity index (χ3n) is 8.25. The summed E-state index contributed by atoms with van der Waals surface area (Å²) in [4.78, 5) is 34.6. The van der Waals surface area contributed by atoms with Crippen LogP contribution in [0.4, 0.5) is 4.79 Å². The van der Waals surface area contributed by atoms with Crippen LogP contribution in [0.25, 0.3) is 10.6 Å². The number of nitrogens with one attached hydrogen (secondary N) is 1. The number of piperidine rings is 1. The molecule has 1 aromatic carbocycles. The zero-order chi connectivity index (χ0) is 30.4. The summed E-state index contributed by atoms with van der Waals surface area (Å²) in [5, 5.41) is 3.90. The summed E-state index contributed by atoms with van der Waals surface area (Å²) in [6.07, 6.45) is 7.36. The Bertz CT molecular complexity index is 1180. The second-order valence-electron chi connectivity index (χ2n) is 13.1. The molecule has 0 spiro atoms. The molecule has 0 aliphatic carbocycles. The van der Waals surface area contributed by atoms with Crippen molar-refractivity contribution in [2.45, 2.75) is 104 Å². The van der Waals surface area contributed by atoms with E-state index in [0.717, 1.165) is 61.5 Å². The van der Waals surface area contributed by atoms with Gasteiger partial charge in [-0.2, -0.15) is 0 Å². The average molecular weight is 585 g/mol. The van der Waals surface area contributed by atoms with Crippen LogP contribution in [-0.4, -0.2) is 67.1 Å². The fourth-order valence-corrected chi connectivity index (χ4v) is 6.89. The SMILES string of the molecule is CCCN(C)C(=O)NCCC(=O)N1CCC(c2cnc(-c3cc(C(C)(C)C)c(OC)c(C(C)(C)CCC)c3)s2)CC1. The van der Waals surface area contributed by atoms with Gasteiger partial charge in [-0.1, -0.05) is 54.9 Å². The van der Waals surface area contributed by atoms with Crippen LogP contribution in [0.1, 0.15) is 109 Å². The molecule has 0 saturated carbocycles. The minimum Gasteiger partial charge on any atom is -0.496 e. The minimum atomic E-state index is -0.119. The van der Waals surface area contributed by atoms with Gasteiger partial charge in [0.2, 0.25) is 5.91 Å². The molecule has 1 saturated heterocycles. The third kappa shape index (κ3) is 8.24. The summed E-state index contributed by atoms with van der Waals surface area (Å²) >= 11 is 1.78. The van der Waals surface area contributed by atoms with Gasteiger partial charge in [-0.15, -0.1) is 11.3 Å². The maximum absolute atomic E-state index is 12.8. The number of carbonyl (C=O) groups excluding carboxylic acids is 2. The first kappa shape index (κ1) is 32.9. The van der Waals surface area contributed by atoms with Crippen molar-refractivity contribution in [3.8, 4) is 16.3 Å². The monoisotopic (exact) mass is 584 g/mol. The van der Waals surface area contributed by atoms with Gasteiger partial charge in [0, 0.05) is 67.4 Å². The van der Waals surface area contributed by atoms with Gasteiger partial charge < -0.3 is 19.9 Å². The molecular weight excluding hydrogens is 532 g/mol. The van der Waals surface area contributed by atoms with Crippen LogP contribution in [0.5, 0.6) is 5.75 Å². The molecule has 3 rings (SSSR count). The summed E-state index contributed by atoms with van der Waals surface area (Å²) in [6, 6.07) is 4.45. The molecule has 0 atom stereocenters. The first-order chi connectivity index (χ1) is 19.3. The largest absolute Gasteiger partial charge is 0.496 e. The quantitative estimate of drug-likeness (QED) is 0.300. The number of hydrogen-bond donors (Lipinski definition) is 1. The molecule has 3 amide bonds. The number of methoxy groups -OCH3 is 1. The number of aromatic nitrogens is 1. The lowest BCUT2D eigenvalue weighted by molar-refractivity contribution is -0.132. The fraction of sp³-hybridized carbons (Fsp3) is 0.667. The Morgan fingerprint density at radius 3 is 2.34 bits per heavy atom. The Morgan fingerprint density at radius 1 is 1.10 bits per heavy atom. The van der Waals surface area contributed by atoms with Crippen molar-refractivity contribution in [3.05, 3.63) is 34.3 Å². The number of likely N-dealkylation sites (tertiary alicyclic amines) is 1. The second-order valence-corrected chi connectivity index (χ2v) is 14.2. The number of nitrogens with zero attached hydrogens (tertiary/aromatic N) is 3. The molecule has 0 bridgehead atoms. The van der Waals surface area contributed by atoms with Crippen LogP contribution in [0.2, 0.25) is 0 Å². The molecule has 1 fully saturated rings. The summed E-state index contributed by atoms with van der Waals surface area (Å²) in [5.41, 5.74) is 3.55. The number of carbonyl (C=O) groups is 2. The zero-order valence-electron chi connectivity index (χ0n) is 26.9. The van der Waals surface area contributed by atoms with Gasteiger partial charge >= 0.3 is 6.03 Å². The molecule has 1 aliphatic rings. The third-order valence-corrected chi connectivity index (χ3v) is 9.46. The summed E-state index contributed by atoms with van der Waals surface area (Å²) < 4.78 is 6.04. The number of hydrogen-bond acceptors (Lipinski definition) is 5. The molecule has 2 heterocycles. The molecule has 2 aromatic rings. The molecule has 41 heavy (non-hydrogen) atoms. The predicted molar refractivity (Wildman–Crippen MR) is 170 cm³/mol. The van der Waals surface area contributed by atoms with Gasteiger partial charge in [0.25, 0.3) is 0 Å². The molecule has 8 heteroatoms. The van der Waals surface area contributed by atoms with Crippen molar-refractivity contribution >= 4 is 23.3 Å². The van der Waals surface area contributed by atoms with Crippen molar-refractivity contribution in [2.75, 3.05) is 40.3 Å². The highest BCUT2D eigenvalue weighted by molar-refractivity contribution is 7.15. The normalized spacial score (nSPS) is 14.7. The van der Waals surface area contributed by atoms with Crippen molar-refractivity contribution < 1.29 is 14.3 Å². The number of benzene rings is 1. The minimum absolute atomic E-state index is 0.0101. The summed E-state index contributed by atoms with van der Waals surface area (Å²) in [6.45, 7) is 18.2. The van der Waals surface area contributed by atoms with Gasteiger partial charge in [0.15, 0.2) is 0 Å². The molecule has 7 nitrogen and oxygen atoms in total. The number of amides is 3. The second kappa shape index (κ2) is 14.0. The highest BCUT2D eigenvalue weighted by Gasteiger charge is 2.31. The maximum atomic E-state index is 12.8. The molecule has 1 aliphatic heterocycles. The fourth-order valence-electron chi connectivity index (χ4n) is 5.82. The van der Waals surface area contributed by atoms with E-state index in [4.69, 9.17) is 9.72 Å². The molecular formula is C33H52N4O3S. The van der Waals surface area contributed by atoms with Gasteiger partial charge in [-0.25, -0.2) is 9.78 Å². The lowest BCUT2D eigenvalue weighted by atomic mass is 9.75. The lowest BCUT2D eigenvalue weighted by Crippen LogP contribution is -2.41. The highest BCUT2D eigenvalue weighted by atomic mass is 32.1. The van der Waals surface area contributed by atoms with E-state index in [1.165, 1.54) is 16.0 Å². The van der Waals surface area contributed by atoms with E-state index in [2.05, 4.69) is 59.0 Å². The number of rotatable bonds is 11. The van der Waals surface area contributed by atoms with E-state index >= 15 is 0 Å². The molecule has 0 unspecified atom stereocenters. The van der Waals surface area contributed by atoms with E-state index in [-0.39, 0.29) is 22.8 Å². The highest BCUT2D eigenvalue weighted by Crippen LogP contribution is 2.45. The smallest absolute Gasteiger partial charge is 0.317 e. The van der Waals surface area contributed by atoms with Gasteiger partial charge in [0.1, 0.15) is 10.8 Å². The van der Waals surface area contributed by atoms with Crippen LogP contribution in [0.15, 0.2) is 18.3 Å². The van der Waals surface area contributed by atoms with Crippen LogP contribution < -0.4 is 10.1 Å². The van der Waals surface area contributed by atoms with Gasteiger partial charge in [-0.3, -0.25) is 4.79 Å². The van der Waals surface area contributed by atoms with E-state index in [9.17, 15) is 9.59 Å². The standard InChI is InChI=1S/C33H52N4O3S/c1-10-15-33(6,7)26-21-24(20-25(29(26)40-9)32(3,4)5)30-35-22-27(41-30)23-13-18-37(19-14-23)28(38)12-16-34-31(39)36(8)17-11-2/h20-23H,10-19H2,1-9H3,(H,34,39). The average Bonchev–Trinajstić information content (AvgIpc) is 3.42. The topological polar surface area (TPSA) is 74.8 Å². The van der Waals surface area contributed by atoms with Crippen molar-refractivity contribution in [1.82, 2.24) is 20.1 Å². The van der Waals surface area contributed by atoms with E-state index in [0.29, 0.717) is 25.4 Å². The van der Waals surface area contributed by atoms with E-state index in [1.807, 2.05) is 18.0 Å². The van der Waals surface area contributed by atoms with Crippen LogP contribution in [-0.2, 0) is 15.6 Å². The van der Waals surface area contributed by atoms with E-state index in [1.54, 1.807) is 30.4 Å². The maximum Gasteiger partial charge on any atom is 0.317 e. The molecule has 228 valence electrons. The van der Waals surface area contributed by atoms with Crippen LogP contribution in [0.3, 0.4) is 0 Å². The first-order valence-corrected chi connectivity index (χ1v) is 16.1.